The fourth-order valence-electron chi connectivity index (χ4n) is 3.29. The third kappa shape index (κ3) is 1.93. The SMILES string of the molecule is Cc1ccccc1C1NCCCN2C(=O)CCC12. The first-order valence-corrected chi connectivity index (χ1v) is 6.86. The summed E-state index contributed by atoms with van der Waals surface area (Å²) in [5.41, 5.74) is 2.67. The Morgan fingerprint density at radius 3 is 3.00 bits per heavy atom. The molecule has 2 fully saturated rings. The summed E-state index contributed by atoms with van der Waals surface area (Å²) >= 11 is 0. The van der Waals surface area contributed by atoms with Gasteiger partial charge in [-0.1, -0.05) is 24.3 Å². The average Bonchev–Trinajstić information content (AvgIpc) is 2.62. The quantitative estimate of drug-likeness (QED) is 0.819. The predicted molar refractivity (Wildman–Crippen MR) is 71.3 cm³/mol. The second-order valence-corrected chi connectivity index (χ2v) is 5.34. The van der Waals surface area contributed by atoms with Gasteiger partial charge in [-0.3, -0.25) is 4.79 Å². The molecular weight excluding hydrogens is 224 g/mol. The molecule has 0 radical (unpaired) electrons. The van der Waals surface area contributed by atoms with E-state index in [9.17, 15) is 4.79 Å². The lowest BCUT2D eigenvalue weighted by Gasteiger charge is -2.30. The molecule has 3 rings (SSSR count). The van der Waals surface area contributed by atoms with Crippen LogP contribution < -0.4 is 5.32 Å². The molecule has 1 aromatic carbocycles. The van der Waals surface area contributed by atoms with Gasteiger partial charge in [0, 0.05) is 13.0 Å². The van der Waals surface area contributed by atoms with Gasteiger partial charge in [-0.25, -0.2) is 0 Å². The van der Waals surface area contributed by atoms with Crippen LogP contribution in [0.15, 0.2) is 24.3 Å². The van der Waals surface area contributed by atoms with Gasteiger partial charge in [-0.15, -0.1) is 0 Å². The van der Waals surface area contributed by atoms with Crippen molar-refractivity contribution in [3.63, 3.8) is 0 Å². The van der Waals surface area contributed by atoms with E-state index < -0.39 is 0 Å². The largest absolute Gasteiger partial charge is 0.338 e. The lowest BCUT2D eigenvalue weighted by Crippen LogP contribution is -2.39. The number of carbonyl (C=O) groups is 1. The van der Waals surface area contributed by atoms with Gasteiger partial charge in [0.25, 0.3) is 0 Å². The van der Waals surface area contributed by atoms with Crippen LogP contribution in [0.5, 0.6) is 0 Å². The van der Waals surface area contributed by atoms with Crippen molar-refractivity contribution in [3.05, 3.63) is 35.4 Å². The summed E-state index contributed by atoms with van der Waals surface area (Å²) in [7, 11) is 0. The van der Waals surface area contributed by atoms with Gasteiger partial charge in [0.05, 0.1) is 12.1 Å². The summed E-state index contributed by atoms with van der Waals surface area (Å²) < 4.78 is 0. The number of amides is 1. The topological polar surface area (TPSA) is 32.3 Å². The lowest BCUT2D eigenvalue weighted by molar-refractivity contribution is -0.129. The average molecular weight is 244 g/mol. The zero-order valence-electron chi connectivity index (χ0n) is 10.9. The molecule has 2 heterocycles. The van der Waals surface area contributed by atoms with Crippen molar-refractivity contribution in [2.45, 2.75) is 38.3 Å². The van der Waals surface area contributed by atoms with E-state index in [0.717, 1.165) is 25.9 Å². The summed E-state index contributed by atoms with van der Waals surface area (Å²) in [6.07, 6.45) is 2.77. The zero-order valence-corrected chi connectivity index (χ0v) is 10.9. The number of hydrogen-bond acceptors (Lipinski definition) is 2. The number of carbonyl (C=O) groups excluding carboxylic acids is 1. The van der Waals surface area contributed by atoms with E-state index in [0.29, 0.717) is 24.4 Å². The van der Waals surface area contributed by atoms with Crippen LogP contribution in [-0.4, -0.2) is 29.9 Å². The maximum absolute atomic E-state index is 11.9. The molecule has 0 bridgehead atoms. The van der Waals surface area contributed by atoms with Crippen molar-refractivity contribution < 1.29 is 4.79 Å². The second kappa shape index (κ2) is 4.73. The van der Waals surface area contributed by atoms with Crippen LogP contribution in [0.4, 0.5) is 0 Å². The molecule has 0 saturated carbocycles. The third-order valence-corrected chi connectivity index (χ3v) is 4.22. The molecule has 1 aromatic rings. The van der Waals surface area contributed by atoms with E-state index in [1.54, 1.807) is 0 Å². The van der Waals surface area contributed by atoms with E-state index in [1.807, 2.05) is 0 Å². The van der Waals surface area contributed by atoms with Gasteiger partial charge in [-0.05, 0) is 37.4 Å². The van der Waals surface area contributed by atoms with Crippen molar-refractivity contribution >= 4 is 5.91 Å². The summed E-state index contributed by atoms with van der Waals surface area (Å²) in [6, 6.07) is 9.17. The van der Waals surface area contributed by atoms with Crippen LogP contribution >= 0.6 is 0 Å². The Balaban J connectivity index is 1.95. The minimum absolute atomic E-state index is 0.306. The molecule has 3 nitrogen and oxygen atoms in total. The molecule has 2 atom stereocenters. The van der Waals surface area contributed by atoms with E-state index >= 15 is 0 Å². The van der Waals surface area contributed by atoms with E-state index in [4.69, 9.17) is 0 Å². The highest BCUT2D eigenvalue weighted by molar-refractivity contribution is 5.79. The van der Waals surface area contributed by atoms with Crippen molar-refractivity contribution in [2.75, 3.05) is 13.1 Å². The van der Waals surface area contributed by atoms with Crippen molar-refractivity contribution in [1.29, 1.82) is 0 Å². The smallest absolute Gasteiger partial charge is 0.222 e. The first kappa shape index (κ1) is 11.7. The number of fused-ring (bicyclic) bond motifs is 1. The Bertz CT molecular complexity index is 458. The minimum atomic E-state index is 0.306. The van der Waals surface area contributed by atoms with Gasteiger partial charge in [-0.2, -0.15) is 0 Å². The van der Waals surface area contributed by atoms with E-state index in [-0.39, 0.29) is 0 Å². The molecule has 2 aliphatic rings. The van der Waals surface area contributed by atoms with Crippen molar-refractivity contribution in [1.82, 2.24) is 10.2 Å². The Morgan fingerprint density at radius 1 is 1.33 bits per heavy atom. The number of benzene rings is 1. The molecule has 2 saturated heterocycles. The molecule has 1 N–H and O–H groups in total. The van der Waals surface area contributed by atoms with Crippen LogP contribution in [0.25, 0.3) is 0 Å². The molecule has 0 aromatic heterocycles. The van der Waals surface area contributed by atoms with Crippen LogP contribution in [0.2, 0.25) is 0 Å². The molecule has 96 valence electrons. The van der Waals surface area contributed by atoms with Gasteiger partial charge in [0.1, 0.15) is 0 Å². The Hall–Kier alpha value is -1.35. The Kier molecular flexibility index (Phi) is 3.08. The summed E-state index contributed by atoms with van der Waals surface area (Å²) in [5.74, 6) is 0.335. The number of nitrogens with zero attached hydrogens (tertiary/aromatic N) is 1. The summed E-state index contributed by atoms with van der Waals surface area (Å²) in [6.45, 7) is 4.07. The first-order chi connectivity index (χ1) is 8.77. The normalized spacial score (nSPS) is 28.1. The standard InChI is InChI=1S/C15H20N2O/c1-11-5-2-3-6-12(11)15-13-7-8-14(18)17(13)10-4-9-16-15/h2-3,5-6,13,15-16H,4,7-10H2,1H3. The number of nitrogens with one attached hydrogen (secondary N) is 1. The molecule has 2 unspecified atom stereocenters. The molecule has 3 heteroatoms. The van der Waals surface area contributed by atoms with E-state index in [1.165, 1.54) is 11.1 Å². The van der Waals surface area contributed by atoms with Gasteiger partial charge in [0.15, 0.2) is 0 Å². The van der Waals surface area contributed by atoms with Gasteiger partial charge >= 0.3 is 0 Å². The number of aryl methyl sites for hydroxylation is 1. The van der Waals surface area contributed by atoms with Crippen LogP contribution in [0, 0.1) is 6.92 Å². The maximum atomic E-state index is 11.9. The van der Waals surface area contributed by atoms with Crippen LogP contribution in [0.3, 0.4) is 0 Å². The first-order valence-electron chi connectivity index (χ1n) is 6.86. The van der Waals surface area contributed by atoms with Crippen LogP contribution in [-0.2, 0) is 4.79 Å². The predicted octanol–water partition coefficient (Wildman–Crippen LogP) is 2.02. The summed E-state index contributed by atoms with van der Waals surface area (Å²) in [4.78, 5) is 14.0. The van der Waals surface area contributed by atoms with Crippen LogP contribution in [0.1, 0.15) is 36.4 Å². The zero-order chi connectivity index (χ0) is 12.5. The Labute approximate surface area is 108 Å². The highest BCUT2D eigenvalue weighted by atomic mass is 16.2. The monoisotopic (exact) mass is 244 g/mol. The van der Waals surface area contributed by atoms with Crippen molar-refractivity contribution in [3.8, 4) is 0 Å². The fraction of sp³-hybridized carbons (Fsp3) is 0.533. The molecule has 0 aliphatic carbocycles. The van der Waals surface area contributed by atoms with Gasteiger partial charge in [0.2, 0.25) is 5.91 Å². The Morgan fingerprint density at radius 2 is 2.17 bits per heavy atom. The molecular formula is C15H20N2O. The number of rotatable bonds is 1. The van der Waals surface area contributed by atoms with Crippen molar-refractivity contribution in [2.24, 2.45) is 0 Å². The molecule has 18 heavy (non-hydrogen) atoms. The highest BCUT2D eigenvalue weighted by Crippen LogP contribution is 2.33. The van der Waals surface area contributed by atoms with E-state index in [2.05, 4.69) is 41.4 Å². The summed E-state index contributed by atoms with van der Waals surface area (Å²) in [5, 5.41) is 3.64. The molecule has 0 spiro atoms. The fourth-order valence-corrected chi connectivity index (χ4v) is 3.29. The highest BCUT2D eigenvalue weighted by Gasteiger charge is 2.38. The lowest BCUT2D eigenvalue weighted by atomic mass is 9.94. The minimum Gasteiger partial charge on any atom is -0.338 e. The van der Waals surface area contributed by atoms with Gasteiger partial charge < -0.3 is 10.2 Å². The second-order valence-electron chi connectivity index (χ2n) is 5.34. The molecule has 2 aliphatic heterocycles. The molecule has 1 amide bonds. The third-order valence-electron chi connectivity index (χ3n) is 4.22. The number of hydrogen-bond donors (Lipinski definition) is 1. The maximum Gasteiger partial charge on any atom is 0.222 e.